The minimum absolute atomic E-state index is 0.325. The first-order valence-electron chi connectivity index (χ1n) is 7.75. The lowest BCUT2D eigenvalue weighted by Gasteiger charge is -2.33. The molecule has 1 aromatic carbocycles. The van der Waals surface area contributed by atoms with E-state index >= 15 is 0 Å². The lowest BCUT2D eigenvalue weighted by atomic mass is 10.1. The Morgan fingerprint density at radius 1 is 1.14 bits per heavy atom. The fourth-order valence-corrected chi connectivity index (χ4v) is 2.87. The highest BCUT2D eigenvalue weighted by Crippen LogP contribution is 2.12. The zero-order chi connectivity index (χ0) is 14.3. The fraction of sp³-hybridized carbons (Fsp3) is 0.471. The van der Waals surface area contributed by atoms with Crippen LogP contribution in [0.3, 0.4) is 0 Å². The summed E-state index contributed by atoms with van der Waals surface area (Å²) in [6.07, 6.45) is 6.34. The van der Waals surface area contributed by atoms with Crippen LogP contribution >= 0.6 is 0 Å². The number of rotatable bonds is 6. The SMILES string of the molecule is c1ccc(C[C@@H]2CN(CCCn3cccn3)CCO2)cc1. The Morgan fingerprint density at radius 3 is 2.86 bits per heavy atom. The number of ether oxygens (including phenoxy) is 1. The molecular weight excluding hydrogens is 262 g/mol. The summed E-state index contributed by atoms with van der Waals surface area (Å²) in [5, 5.41) is 4.24. The summed E-state index contributed by atoms with van der Waals surface area (Å²) in [5.41, 5.74) is 1.36. The largest absolute Gasteiger partial charge is 0.375 e. The number of benzene rings is 1. The van der Waals surface area contributed by atoms with Crippen LogP contribution in [0.1, 0.15) is 12.0 Å². The first kappa shape index (κ1) is 14.3. The molecule has 0 unspecified atom stereocenters. The van der Waals surface area contributed by atoms with Crippen molar-refractivity contribution in [2.45, 2.75) is 25.5 Å². The van der Waals surface area contributed by atoms with Gasteiger partial charge in [0.2, 0.25) is 0 Å². The van der Waals surface area contributed by atoms with E-state index in [0.717, 1.165) is 45.6 Å². The molecule has 3 rings (SSSR count). The standard InChI is InChI=1S/C17H23N3O/c1-2-6-16(7-3-1)14-17-15-19(12-13-21-17)9-5-11-20-10-4-8-18-20/h1-4,6-8,10,17H,5,9,11-15H2/t17-/m1/s1. The van der Waals surface area contributed by atoms with Gasteiger partial charge in [0.25, 0.3) is 0 Å². The summed E-state index contributed by atoms with van der Waals surface area (Å²) < 4.78 is 7.91. The van der Waals surface area contributed by atoms with Crippen molar-refractivity contribution in [3.8, 4) is 0 Å². The third-order valence-electron chi connectivity index (χ3n) is 3.95. The van der Waals surface area contributed by atoms with Gasteiger partial charge < -0.3 is 4.74 Å². The van der Waals surface area contributed by atoms with Gasteiger partial charge >= 0.3 is 0 Å². The van der Waals surface area contributed by atoms with Crippen LogP contribution in [0.2, 0.25) is 0 Å². The zero-order valence-corrected chi connectivity index (χ0v) is 12.4. The molecule has 1 aromatic heterocycles. The van der Waals surface area contributed by atoms with E-state index in [2.05, 4.69) is 40.3 Å². The van der Waals surface area contributed by atoms with Gasteiger partial charge in [-0.25, -0.2) is 0 Å². The minimum Gasteiger partial charge on any atom is -0.375 e. The van der Waals surface area contributed by atoms with E-state index in [1.807, 2.05) is 23.1 Å². The van der Waals surface area contributed by atoms with Crippen molar-refractivity contribution in [1.82, 2.24) is 14.7 Å². The predicted molar refractivity (Wildman–Crippen MR) is 83.2 cm³/mol. The van der Waals surface area contributed by atoms with Crippen molar-refractivity contribution in [1.29, 1.82) is 0 Å². The van der Waals surface area contributed by atoms with Crippen LogP contribution in [0.5, 0.6) is 0 Å². The first-order chi connectivity index (χ1) is 10.4. The second-order valence-electron chi connectivity index (χ2n) is 5.61. The highest BCUT2D eigenvalue weighted by Gasteiger charge is 2.20. The van der Waals surface area contributed by atoms with Crippen LogP contribution in [0.25, 0.3) is 0 Å². The van der Waals surface area contributed by atoms with Crippen LogP contribution in [-0.2, 0) is 17.7 Å². The van der Waals surface area contributed by atoms with Gasteiger partial charge in [-0.05, 0) is 24.5 Å². The fourth-order valence-electron chi connectivity index (χ4n) is 2.87. The Hall–Kier alpha value is -1.65. The topological polar surface area (TPSA) is 30.3 Å². The number of aromatic nitrogens is 2. The van der Waals surface area contributed by atoms with Crippen LogP contribution < -0.4 is 0 Å². The number of hydrogen-bond donors (Lipinski definition) is 0. The van der Waals surface area contributed by atoms with Crippen LogP contribution in [0, 0.1) is 0 Å². The third kappa shape index (κ3) is 4.41. The molecule has 0 N–H and O–H groups in total. The van der Waals surface area contributed by atoms with E-state index in [-0.39, 0.29) is 0 Å². The summed E-state index contributed by atoms with van der Waals surface area (Å²) in [5.74, 6) is 0. The molecule has 2 aromatic rings. The monoisotopic (exact) mass is 285 g/mol. The molecule has 0 amide bonds. The van der Waals surface area contributed by atoms with Crippen molar-refractivity contribution < 1.29 is 4.74 Å². The van der Waals surface area contributed by atoms with E-state index in [1.165, 1.54) is 5.56 Å². The lowest BCUT2D eigenvalue weighted by molar-refractivity contribution is -0.0281. The molecule has 1 atom stereocenters. The molecule has 0 bridgehead atoms. The van der Waals surface area contributed by atoms with Gasteiger partial charge in [-0.15, -0.1) is 0 Å². The summed E-state index contributed by atoms with van der Waals surface area (Å²) in [4.78, 5) is 2.51. The Morgan fingerprint density at radius 2 is 2.05 bits per heavy atom. The zero-order valence-electron chi connectivity index (χ0n) is 12.4. The molecule has 1 aliphatic heterocycles. The first-order valence-corrected chi connectivity index (χ1v) is 7.75. The van der Waals surface area contributed by atoms with Gasteiger partial charge in [0.1, 0.15) is 0 Å². The van der Waals surface area contributed by atoms with Gasteiger partial charge in [0.05, 0.1) is 12.7 Å². The third-order valence-corrected chi connectivity index (χ3v) is 3.95. The molecule has 4 heteroatoms. The average molecular weight is 285 g/mol. The lowest BCUT2D eigenvalue weighted by Crippen LogP contribution is -2.43. The Labute approximate surface area is 126 Å². The molecule has 0 aliphatic carbocycles. The van der Waals surface area contributed by atoms with E-state index in [0.29, 0.717) is 6.10 Å². The molecule has 1 fully saturated rings. The van der Waals surface area contributed by atoms with E-state index in [9.17, 15) is 0 Å². The quantitative estimate of drug-likeness (QED) is 0.815. The maximum atomic E-state index is 5.91. The number of hydrogen-bond acceptors (Lipinski definition) is 3. The highest BCUT2D eigenvalue weighted by atomic mass is 16.5. The molecule has 0 radical (unpaired) electrons. The van der Waals surface area contributed by atoms with Crippen molar-refractivity contribution in [2.75, 3.05) is 26.2 Å². The van der Waals surface area contributed by atoms with E-state index < -0.39 is 0 Å². The number of aryl methyl sites for hydroxylation is 1. The van der Waals surface area contributed by atoms with Crippen molar-refractivity contribution >= 4 is 0 Å². The molecule has 1 aliphatic rings. The van der Waals surface area contributed by atoms with Gasteiger partial charge in [-0.3, -0.25) is 9.58 Å². The molecule has 2 heterocycles. The van der Waals surface area contributed by atoms with Crippen molar-refractivity contribution in [3.05, 3.63) is 54.4 Å². The normalized spacial score (nSPS) is 19.7. The summed E-state index contributed by atoms with van der Waals surface area (Å²) in [6.45, 7) is 5.04. The molecular formula is C17H23N3O. The van der Waals surface area contributed by atoms with Crippen LogP contribution in [-0.4, -0.2) is 47.0 Å². The van der Waals surface area contributed by atoms with Crippen molar-refractivity contribution in [2.24, 2.45) is 0 Å². The number of nitrogens with zero attached hydrogens (tertiary/aromatic N) is 3. The minimum atomic E-state index is 0.325. The summed E-state index contributed by atoms with van der Waals surface area (Å²) in [6, 6.07) is 12.6. The van der Waals surface area contributed by atoms with E-state index in [1.54, 1.807) is 0 Å². The summed E-state index contributed by atoms with van der Waals surface area (Å²) in [7, 11) is 0. The Balaban J connectivity index is 1.42. The van der Waals surface area contributed by atoms with Gasteiger partial charge in [0, 0.05) is 38.6 Å². The molecule has 0 spiro atoms. The molecule has 21 heavy (non-hydrogen) atoms. The predicted octanol–water partition coefficient (Wildman–Crippen LogP) is 2.22. The number of morpholine rings is 1. The molecule has 1 saturated heterocycles. The van der Waals surface area contributed by atoms with Crippen molar-refractivity contribution in [3.63, 3.8) is 0 Å². The van der Waals surface area contributed by atoms with Gasteiger partial charge in [-0.2, -0.15) is 5.10 Å². The maximum Gasteiger partial charge on any atom is 0.0742 e. The second-order valence-corrected chi connectivity index (χ2v) is 5.61. The Kier molecular flexibility index (Phi) is 5.03. The smallest absolute Gasteiger partial charge is 0.0742 e. The maximum absolute atomic E-state index is 5.91. The molecule has 112 valence electrons. The van der Waals surface area contributed by atoms with Crippen LogP contribution in [0.4, 0.5) is 0 Å². The second kappa shape index (κ2) is 7.38. The van der Waals surface area contributed by atoms with Gasteiger partial charge in [0.15, 0.2) is 0 Å². The van der Waals surface area contributed by atoms with Crippen LogP contribution in [0.15, 0.2) is 48.8 Å². The Bertz CT molecular complexity index is 512. The molecule has 0 saturated carbocycles. The highest BCUT2D eigenvalue weighted by molar-refractivity contribution is 5.15. The van der Waals surface area contributed by atoms with Gasteiger partial charge in [-0.1, -0.05) is 30.3 Å². The molecule has 4 nitrogen and oxygen atoms in total. The van der Waals surface area contributed by atoms with E-state index in [4.69, 9.17) is 4.74 Å². The summed E-state index contributed by atoms with van der Waals surface area (Å²) >= 11 is 0. The average Bonchev–Trinajstić information content (AvgIpc) is 3.02.